The second-order valence-electron chi connectivity index (χ2n) is 5.86. The van der Waals surface area contributed by atoms with Crippen molar-refractivity contribution in [3.63, 3.8) is 0 Å². The van der Waals surface area contributed by atoms with Crippen molar-refractivity contribution in [2.24, 2.45) is 0 Å². The van der Waals surface area contributed by atoms with Gasteiger partial charge in [0.15, 0.2) is 0 Å². The fourth-order valence-electron chi connectivity index (χ4n) is 2.62. The first-order valence-electron chi connectivity index (χ1n) is 7.82. The van der Waals surface area contributed by atoms with Crippen LogP contribution in [0.2, 0.25) is 0 Å². The summed E-state index contributed by atoms with van der Waals surface area (Å²) >= 11 is 0. The lowest BCUT2D eigenvalue weighted by molar-refractivity contribution is -0.200. The maximum atomic E-state index is 13.7. The van der Waals surface area contributed by atoms with Gasteiger partial charge in [-0.2, -0.15) is 13.2 Å². The van der Waals surface area contributed by atoms with E-state index < -0.39 is 47.6 Å². The molecule has 0 spiro atoms. The molecule has 1 aromatic heterocycles. The Labute approximate surface area is 155 Å². The normalized spacial score (nSPS) is 19.5. The zero-order chi connectivity index (χ0) is 20.5. The van der Waals surface area contributed by atoms with E-state index in [-0.39, 0.29) is 0 Å². The first-order chi connectivity index (χ1) is 13.2. The van der Waals surface area contributed by atoms with Crippen LogP contribution in [0.3, 0.4) is 0 Å². The lowest BCUT2D eigenvalue weighted by Crippen LogP contribution is -2.69. The summed E-state index contributed by atoms with van der Waals surface area (Å²) in [4.78, 5) is 40.9. The quantitative estimate of drug-likeness (QED) is 0.611. The van der Waals surface area contributed by atoms with E-state index in [0.717, 1.165) is 12.1 Å². The summed E-state index contributed by atoms with van der Waals surface area (Å²) < 4.78 is 55.0. The zero-order valence-corrected chi connectivity index (χ0v) is 14.0. The number of hydrogen-bond acceptors (Lipinski definition) is 4. The fraction of sp³-hybridized carbons (Fsp3) is 0.176. The molecule has 28 heavy (non-hydrogen) atoms. The van der Waals surface area contributed by atoms with E-state index in [9.17, 15) is 31.9 Å². The van der Waals surface area contributed by atoms with E-state index in [2.05, 4.69) is 4.98 Å². The van der Waals surface area contributed by atoms with Crippen LogP contribution >= 0.6 is 0 Å². The molecule has 0 saturated carbocycles. The van der Waals surface area contributed by atoms with Gasteiger partial charge in [-0.3, -0.25) is 24.8 Å². The molecule has 1 unspecified atom stereocenters. The Morgan fingerprint density at radius 3 is 2.50 bits per heavy atom. The van der Waals surface area contributed by atoms with E-state index in [0.29, 0.717) is 10.5 Å². The number of hydrogen-bond donors (Lipinski definition) is 2. The van der Waals surface area contributed by atoms with E-state index in [1.54, 1.807) is 0 Å². The predicted molar refractivity (Wildman–Crippen MR) is 86.0 cm³/mol. The average molecular weight is 396 g/mol. The molecule has 2 aromatic rings. The number of nitrogens with one attached hydrogen (secondary N) is 2. The highest BCUT2D eigenvalue weighted by Crippen LogP contribution is 2.34. The molecule has 1 aromatic carbocycles. The lowest BCUT2D eigenvalue weighted by Gasteiger charge is -2.29. The highest BCUT2D eigenvalue weighted by Gasteiger charge is 2.68. The minimum absolute atomic E-state index is 0.296. The molecule has 11 heteroatoms. The molecule has 1 aliphatic heterocycles. The molecule has 4 amide bonds. The Morgan fingerprint density at radius 2 is 1.89 bits per heavy atom. The van der Waals surface area contributed by atoms with Gasteiger partial charge in [-0.25, -0.2) is 9.18 Å². The second-order valence-corrected chi connectivity index (χ2v) is 5.86. The first-order valence-corrected chi connectivity index (χ1v) is 7.82. The monoisotopic (exact) mass is 396 g/mol. The molecule has 1 aliphatic rings. The van der Waals surface area contributed by atoms with Crippen molar-refractivity contribution < 1.29 is 31.9 Å². The summed E-state index contributed by atoms with van der Waals surface area (Å²) in [7, 11) is 0. The molecule has 3 rings (SSSR count). The molecule has 146 valence electrons. The maximum Gasteiger partial charge on any atom is 0.440 e. The third-order valence-corrected chi connectivity index (χ3v) is 4.01. The van der Waals surface area contributed by atoms with Gasteiger partial charge in [-0.05, 0) is 23.8 Å². The Balaban J connectivity index is 1.94. The Morgan fingerprint density at radius 1 is 1.18 bits per heavy atom. The number of imide groups is 1. The molecular weight excluding hydrogens is 384 g/mol. The molecular formula is C17H12F4N4O3. The second kappa shape index (κ2) is 6.91. The van der Waals surface area contributed by atoms with Gasteiger partial charge in [-0.1, -0.05) is 18.2 Å². The number of carbonyl (C=O) groups is 3. The molecule has 7 nitrogen and oxygen atoms in total. The van der Waals surface area contributed by atoms with E-state index in [1.807, 2.05) is 0 Å². The number of halogens is 4. The number of aromatic nitrogens is 1. The van der Waals surface area contributed by atoms with Crippen LogP contribution in [0.5, 0.6) is 0 Å². The van der Waals surface area contributed by atoms with Crippen molar-refractivity contribution in [2.75, 3.05) is 0 Å². The van der Waals surface area contributed by atoms with Crippen LogP contribution in [0.15, 0.2) is 48.8 Å². The average Bonchev–Trinajstić information content (AvgIpc) is 2.88. The first kappa shape index (κ1) is 19.3. The van der Waals surface area contributed by atoms with Crippen molar-refractivity contribution in [2.45, 2.75) is 18.4 Å². The number of nitrogens with zero attached hydrogens (tertiary/aromatic N) is 2. The number of pyridine rings is 1. The molecule has 1 saturated heterocycles. The van der Waals surface area contributed by atoms with Crippen molar-refractivity contribution in [3.05, 3.63) is 65.7 Å². The van der Waals surface area contributed by atoms with Crippen molar-refractivity contribution in [1.29, 1.82) is 0 Å². The number of amides is 4. The van der Waals surface area contributed by atoms with Gasteiger partial charge >= 0.3 is 12.2 Å². The van der Waals surface area contributed by atoms with Gasteiger partial charge in [0.2, 0.25) is 0 Å². The van der Waals surface area contributed by atoms with Crippen molar-refractivity contribution in [3.8, 4) is 0 Å². The summed E-state index contributed by atoms with van der Waals surface area (Å²) in [6, 6.07) is 5.87. The standard InChI is InChI=1S/C17H12F4N4O3/c18-12-6-2-1-5-11(12)13(26)23-16(17(19,20)21)14(27)25(15(28)24-16)9-10-4-3-7-22-8-10/h1-8H,9H2,(H,23,26)(H,24,28). The number of rotatable bonds is 4. The van der Waals surface area contributed by atoms with Crippen LogP contribution in [0.1, 0.15) is 15.9 Å². The number of alkyl halides is 3. The summed E-state index contributed by atoms with van der Waals surface area (Å²) in [5, 5.41) is 2.93. The largest absolute Gasteiger partial charge is 0.440 e. The fourth-order valence-corrected chi connectivity index (χ4v) is 2.62. The van der Waals surface area contributed by atoms with Crippen LogP contribution in [0, 0.1) is 5.82 Å². The highest BCUT2D eigenvalue weighted by molar-refractivity contribution is 6.10. The Bertz CT molecular complexity index is 935. The van der Waals surface area contributed by atoms with E-state index in [1.165, 1.54) is 47.3 Å². The van der Waals surface area contributed by atoms with Gasteiger partial charge in [-0.15, -0.1) is 0 Å². The minimum atomic E-state index is -5.38. The minimum Gasteiger partial charge on any atom is -0.314 e. The van der Waals surface area contributed by atoms with Crippen LogP contribution in [0.4, 0.5) is 22.4 Å². The molecule has 1 fully saturated rings. The molecule has 1 atom stereocenters. The number of urea groups is 1. The molecule has 2 N–H and O–H groups in total. The van der Waals surface area contributed by atoms with Gasteiger partial charge in [0.25, 0.3) is 17.5 Å². The highest BCUT2D eigenvalue weighted by atomic mass is 19.4. The Kier molecular flexibility index (Phi) is 4.75. The number of carbonyl (C=O) groups excluding carboxylic acids is 3. The third-order valence-electron chi connectivity index (χ3n) is 4.01. The van der Waals surface area contributed by atoms with Gasteiger partial charge in [0.1, 0.15) is 5.82 Å². The molecule has 0 radical (unpaired) electrons. The van der Waals surface area contributed by atoms with Crippen molar-refractivity contribution in [1.82, 2.24) is 20.5 Å². The predicted octanol–water partition coefficient (Wildman–Crippen LogP) is 1.96. The van der Waals surface area contributed by atoms with Gasteiger partial charge in [0.05, 0.1) is 12.1 Å². The SMILES string of the molecule is O=C(NC1(C(F)(F)F)NC(=O)N(Cc2cccnc2)C1=O)c1ccccc1F. The van der Waals surface area contributed by atoms with Crippen LogP contribution in [-0.4, -0.2) is 39.6 Å². The van der Waals surface area contributed by atoms with Gasteiger partial charge < -0.3 is 5.32 Å². The maximum absolute atomic E-state index is 13.7. The zero-order valence-electron chi connectivity index (χ0n) is 14.0. The van der Waals surface area contributed by atoms with Crippen LogP contribution < -0.4 is 10.6 Å². The molecule has 0 bridgehead atoms. The van der Waals surface area contributed by atoms with E-state index >= 15 is 0 Å². The van der Waals surface area contributed by atoms with Gasteiger partial charge in [0, 0.05) is 12.4 Å². The third kappa shape index (κ3) is 3.26. The summed E-state index contributed by atoms with van der Waals surface area (Å²) in [5.74, 6) is -4.33. The Hall–Kier alpha value is -3.50. The summed E-state index contributed by atoms with van der Waals surface area (Å²) in [6.07, 6.45) is -2.71. The van der Waals surface area contributed by atoms with Crippen LogP contribution in [-0.2, 0) is 11.3 Å². The lowest BCUT2D eigenvalue weighted by atomic mass is 10.1. The van der Waals surface area contributed by atoms with Crippen molar-refractivity contribution >= 4 is 17.8 Å². The topological polar surface area (TPSA) is 91.4 Å². The molecule has 2 heterocycles. The summed E-state index contributed by atoms with van der Waals surface area (Å²) in [5.41, 5.74) is -4.13. The smallest absolute Gasteiger partial charge is 0.314 e. The number of benzene rings is 1. The van der Waals surface area contributed by atoms with Crippen LogP contribution in [0.25, 0.3) is 0 Å². The van der Waals surface area contributed by atoms with E-state index in [4.69, 9.17) is 0 Å². The summed E-state index contributed by atoms with van der Waals surface area (Å²) in [6.45, 7) is -0.494. The molecule has 0 aliphatic carbocycles.